The fraction of sp³-hybridized carbons (Fsp3) is 1.00. The van der Waals surface area contributed by atoms with E-state index in [1.807, 2.05) is 0 Å². The lowest BCUT2D eigenvalue weighted by molar-refractivity contribution is 0.313. The molecule has 0 bridgehead atoms. The van der Waals surface area contributed by atoms with Crippen molar-refractivity contribution in [2.75, 3.05) is 6.61 Å². The molecule has 0 amide bonds. The molecule has 80 valence electrons. The SMILES string of the molecule is CCCCO[PH](=O)C(CC)CCC. The Kier molecular flexibility index (Phi) is 8.90. The standard InChI is InChI=1S/C10H23O2P/c1-4-7-9-12-13(11)10(6-3)8-5-2/h10,13H,4-9H2,1-3H3. The van der Waals surface area contributed by atoms with E-state index in [-0.39, 0.29) is 0 Å². The third kappa shape index (κ3) is 6.29. The van der Waals surface area contributed by atoms with E-state index in [1.54, 1.807) is 0 Å². The zero-order valence-corrected chi connectivity index (χ0v) is 10.1. The van der Waals surface area contributed by atoms with Crippen LogP contribution in [0.15, 0.2) is 0 Å². The molecule has 0 aliphatic rings. The van der Waals surface area contributed by atoms with Gasteiger partial charge in [-0.05, 0) is 19.3 Å². The predicted molar refractivity (Wildman–Crippen MR) is 58.8 cm³/mol. The van der Waals surface area contributed by atoms with Crippen LogP contribution in [0.2, 0.25) is 0 Å². The average molecular weight is 206 g/mol. The molecule has 13 heavy (non-hydrogen) atoms. The van der Waals surface area contributed by atoms with Gasteiger partial charge in [-0.3, -0.25) is 4.57 Å². The normalized spacial score (nSPS) is 15.6. The van der Waals surface area contributed by atoms with Gasteiger partial charge in [0.05, 0.1) is 6.61 Å². The van der Waals surface area contributed by atoms with Crippen LogP contribution in [0, 0.1) is 0 Å². The molecule has 0 aromatic heterocycles. The average Bonchev–Trinajstić information content (AvgIpc) is 2.14. The molecule has 0 N–H and O–H groups in total. The largest absolute Gasteiger partial charge is 0.330 e. The second kappa shape index (κ2) is 8.77. The maximum Gasteiger partial charge on any atom is 0.194 e. The first-order valence-corrected chi connectivity index (χ1v) is 6.82. The van der Waals surface area contributed by atoms with Crippen LogP contribution in [0.1, 0.15) is 52.9 Å². The van der Waals surface area contributed by atoms with E-state index in [1.165, 1.54) is 0 Å². The first-order chi connectivity index (χ1) is 6.26. The Bertz CT molecular complexity index is 137. The highest BCUT2D eigenvalue weighted by atomic mass is 31.1. The molecule has 0 fully saturated rings. The second-order valence-electron chi connectivity index (χ2n) is 3.41. The van der Waals surface area contributed by atoms with Crippen molar-refractivity contribution in [2.45, 2.75) is 58.5 Å². The Hall–Kier alpha value is 0.190. The molecule has 0 aliphatic carbocycles. The lowest BCUT2D eigenvalue weighted by Gasteiger charge is -2.13. The zero-order valence-electron chi connectivity index (χ0n) is 9.14. The van der Waals surface area contributed by atoms with Gasteiger partial charge >= 0.3 is 0 Å². The van der Waals surface area contributed by atoms with Crippen LogP contribution in [0.5, 0.6) is 0 Å². The van der Waals surface area contributed by atoms with Gasteiger partial charge in [-0.2, -0.15) is 0 Å². The molecule has 0 radical (unpaired) electrons. The lowest BCUT2D eigenvalue weighted by Crippen LogP contribution is -2.02. The number of unbranched alkanes of at least 4 members (excludes halogenated alkanes) is 1. The summed E-state index contributed by atoms with van der Waals surface area (Å²) >= 11 is 0. The fourth-order valence-corrected chi connectivity index (χ4v) is 2.71. The summed E-state index contributed by atoms with van der Waals surface area (Å²) in [5.41, 5.74) is 0.312. The first-order valence-electron chi connectivity index (χ1n) is 5.42. The smallest absolute Gasteiger partial charge is 0.194 e. The van der Waals surface area contributed by atoms with Gasteiger partial charge in [0.1, 0.15) is 0 Å². The topological polar surface area (TPSA) is 26.3 Å². The van der Waals surface area contributed by atoms with Crippen LogP contribution in [-0.4, -0.2) is 12.3 Å². The maximum absolute atomic E-state index is 11.6. The van der Waals surface area contributed by atoms with E-state index >= 15 is 0 Å². The molecular weight excluding hydrogens is 183 g/mol. The van der Waals surface area contributed by atoms with Crippen molar-refractivity contribution >= 4 is 8.03 Å². The van der Waals surface area contributed by atoms with Crippen molar-refractivity contribution in [1.29, 1.82) is 0 Å². The molecule has 0 aromatic rings. The van der Waals surface area contributed by atoms with Crippen LogP contribution < -0.4 is 0 Å². The van der Waals surface area contributed by atoms with Gasteiger partial charge in [-0.1, -0.05) is 33.6 Å². The zero-order chi connectivity index (χ0) is 10.1. The van der Waals surface area contributed by atoms with Crippen LogP contribution in [0.4, 0.5) is 0 Å². The minimum atomic E-state index is -1.76. The molecule has 2 nitrogen and oxygen atoms in total. The van der Waals surface area contributed by atoms with Gasteiger partial charge in [0.2, 0.25) is 0 Å². The monoisotopic (exact) mass is 206 g/mol. The first kappa shape index (κ1) is 13.2. The number of hydrogen-bond donors (Lipinski definition) is 0. The summed E-state index contributed by atoms with van der Waals surface area (Å²) in [7, 11) is -1.76. The lowest BCUT2D eigenvalue weighted by atomic mass is 10.2. The summed E-state index contributed by atoms with van der Waals surface area (Å²) in [4.78, 5) is 0. The summed E-state index contributed by atoms with van der Waals surface area (Å²) in [6, 6.07) is 0. The Balaban J connectivity index is 3.64. The third-order valence-corrected chi connectivity index (χ3v) is 4.06. The molecular formula is C10H23O2P. The molecule has 0 saturated carbocycles. The molecule has 0 rings (SSSR count). The fourth-order valence-electron chi connectivity index (χ4n) is 1.27. The van der Waals surface area contributed by atoms with E-state index in [0.717, 1.165) is 32.1 Å². The number of rotatable bonds is 8. The van der Waals surface area contributed by atoms with E-state index in [2.05, 4.69) is 20.8 Å². The Labute approximate surface area is 82.9 Å². The van der Waals surface area contributed by atoms with E-state index in [0.29, 0.717) is 12.3 Å². The van der Waals surface area contributed by atoms with Crippen LogP contribution in [0.3, 0.4) is 0 Å². The van der Waals surface area contributed by atoms with Crippen molar-refractivity contribution in [3.05, 3.63) is 0 Å². The summed E-state index contributed by atoms with van der Waals surface area (Å²) in [5.74, 6) is 0. The summed E-state index contributed by atoms with van der Waals surface area (Å²) in [6.07, 6.45) is 5.27. The molecule has 0 aliphatic heterocycles. The molecule has 2 unspecified atom stereocenters. The van der Waals surface area contributed by atoms with Crippen LogP contribution in [-0.2, 0) is 9.09 Å². The van der Waals surface area contributed by atoms with Gasteiger partial charge in [0, 0.05) is 5.66 Å². The van der Waals surface area contributed by atoms with Crippen LogP contribution in [0.25, 0.3) is 0 Å². The van der Waals surface area contributed by atoms with Gasteiger partial charge in [0.25, 0.3) is 0 Å². The summed E-state index contributed by atoms with van der Waals surface area (Å²) < 4.78 is 16.9. The van der Waals surface area contributed by atoms with Crippen molar-refractivity contribution in [3.63, 3.8) is 0 Å². The van der Waals surface area contributed by atoms with Gasteiger partial charge < -0.3 is 4.52 Å². The molecule has 0 heterocycles. The van der Waals surface area contributed by atoms with Crippen LogP contribution >= 0.6 is 8.03 Å². The highest BCUT2D eigenvalue weighted by Crippen LogP contribution is 2.34. The van der Waals surface area contributed by atoms with Crippen molar-refractivity contribution < 1.29 is 9.09 Å². The van der Waals surface area contributed by atoms with Crippen molar-refractivity contribution in [2.24, 2.45) is 0 Å². The van der Waals surface area contributed by atoms with Crippen molar-refractivity contribution in [1.82, 2.24) is 0 Å². The molecule has 0 aromatic carbocycles. The molecule has 3 heteroatoms. The highest BCUT2D eigenvalue weighted by Gasteiger charge is 2.13. The van der Waals surface area contributed by atoms with Gasteiger partial charge in [0.15, 0.2) is 8.03 Å². The summed E-state index contributed by atoms with van der Waals surface area (Å²) in [6.45, 7) is 7.01. The molecule has 0 spiro atoms. The third-order valence-electron chi connectivity index (χ3n) is 2.21. The second-order valence-corrected chi connectivity index (χ2v) is 5.16. The Morgan fingerprint density at radius 1 is 1.23 bits per heavy atom. The minimum absolute atomic E-state index is 0.312. The molecule has 2 atom stereocenters. The highest BCUT2D eigenvalue weighted by molar-refractivity contribution is 7.40. The van der Waals surface area contributed by atoms with Gasteiger partial charge in [-0.15, -0.1) is 0 Å². The summed E-state index contributed by atoms with van der Waals surface area (Å²) in [5, 5.41) is 0. The number of hydrogen-bond acceptors (Lipinski definition) is 2. The van der Waals surface area contributed by atoms with Gasteiger partial charge in [-0.25, -0.2) is 0 Å². The Morgan fingerprint density at radius 2 is 1.92 bits per heavy atom. The minimum Gasteiger partial charge on any atom is -0.330 e. The Morgan fingerprint density at radius 3 is 2.38 bits per heavy atom. The quantitative estimate of drug-likeness (QED) is 0.445. The predicted octanol–water partition coefficient (Wildman–Crippen LogP) is 3.86. The van der Waals surface area contributed by atoms with E-state index < -0.39 is 8.03 Å². The molecule has 0 saturated heterocycles. The van der Waals surface area contributed by atoms with E-state index in [9.17, 15) is 4.57 Å². The van der Waals surface area contributed by atoms with E-state index in [4.69, 9.17) is 4.52 Å². The maximum atomic E-state index is 11.6. The van der Waals surface area contributed by atoms with Crippen molar-refractivity contribution in [3.8, 4) is 0 Å².